The monoisotopic (exact) mass is 248 g/mol. The molecule has 0 radical (unpaired) electrons. The van der Waals surface area contributed by atoms with Gasteiger partial charge >= 0.3 is 0 Å². The number of anilines is 1. The van der Waals surface area contributed by atoms with E-state index in [2.05, 4.69) is 22.0 Å². The summed E-state index contributed by atoms with van der Waals surface area (Å²) in [5, 5.41) is 3.92. The Morgan fingerprint density at radius 3 is 2.87 bits per heavy atom. The molecule has 0 bridgehead atoms. The molecule has 0 spiro atoms. The van der Waals surface area contributed by atoms with E-state index >= 15 is 0 Å². The Morgan fingerprint density at radius 2 is 2.40 bits per heavy atom. The van der Waals surface area contributed by atoms with E-state index < -0.39 is 10.0 Å². The molecule has 1 heterocycles. The van der Waals surface area contributed by atoms with Gasteiger partial charge in [0.2, 0.25) is 10.0 Å². The lowest BCUT2D eigenvalue weighted by Gasteiger charge is -2.03. The second-order valence-electron chi connectivity index (χ2n) is 2.91. The Hall–Kier alpha value is -1.15. The van der Waals surface area contributed by atoms with Gasteiger partial charge in [-0.1, -0.05) is 12.2 Å². The molecule has 0 aliphatic rings. The fraction of sp³-hybridized carbons (Fsp3) is 0.429. The number of thiocarbonyl (C=S) groups is 1. The van der Waals surface area contributed by atoms with E-state index in [0.717, 1.165) is 0 Å². The van der Waals surface area contributed by atoms with E-state index in [1.165, 1.54) is 6.20 Å². The summed E-state index contributed by atoms with van der Waals surface area (Å²) in [5.41, 5.74) is 5.57. The normalized spacial score (nSPS) is 11.3. The van der Waals surface area contributed by atoms with Gasteiger partial charge in [0.25, 0.3) is 0 Å². The van der Waals surface area contributed by atoms with Crippen molar-refractivity contribution in [2.75, 3.05) is 10.5 Å². The minimum atomic E-state index is -3.50. The van der Waals surface area contributed by atoms with Crippen molar-refractivity contribution in [1.29, 1.82) is 0 Å². The predicted octanol–water partition coefficient (Wildman–Crippen LogP) is -0.0692. The van der Waals surface area contributed by atoms with Crippen LogP contribution < -0.4 is 10.5 Å². The van der Waals surface area contributed by atoms with Gasteiger partial charge in [-0.15, -0.1) is 0 Å². The van der Waals surface area contributed by atoms with Crippen LogP contribution in [0.3, 0.4) is 0 Å². The third-order valence-electron chi connectivity index (χ3n) is 1.56. The Balaban J connectivity index is 2.73. The molecule has 0 aliphatic heterocycles. The quantitative estimate of drug-likeness (QED) is 0.712. The lowest BCUT2D eigenvalue weighted by Crippen LogP contribution is -2.26. The smallest absolute Gasteiger partial charge is 0.239 e. The van der Waals surface area contributed by atoms with Gasteiger partial charge in [0, 0.05) is 12.7 Å². The zero-order valence-corrected chi connectivity index (χ0v) is 9.81. The molecule has 8 heteroatoms. The van der Waals surface area contributed by atoms with Crippen LogP contribution in [0.1, 0.15) is 6.92 Å². The molecule has 1 aromatic rings. The number of aryl methyl sites for hydroxylation is 1. The molecule has 15 heavy (non-hydrogen) atoms. The van der Waals surface area contributed by atoms with Crippen molar-refractivity contribution in [3.63, 3.8) is 0 Å². The standard InChI is InChI=1S/C7H12N4O2S2/c1-2-11-4-6(3-9-11)10-15(12,13)5-7(8)14/h3-4,10H,2,5H2,1H3,(H2,8,14). The van der Waals surface area contributed by atoms with Gasteiger partial charge < -0.3 is 5.73 Å². The van der Waals surface area contributed by atoms with Crippen LogP contribution in [-0.4, -0.2) is 28.9 Å². The third kappa shape index (κ3) is 3.84. The molecular weight excluding hydrogens is 236 g/mol. The molecule has 6 nitrogen and oxygen atoms in total. The van der Waals surface area contributed by atoms with Crippen LogP contribution in [0.25, 0.3) is 0 Å². The van der Waals surface area contributed by atoms with Gasteiger partial charge in [-0.2, -0.15) is 5.10 Å². The van der Waals surface area contributed by atoms with Crippen molar-refractivity contribution < 1.29 is 8.42 Å². The molecule has 0 aliphatic carbocycles. The molecular formula is C7H12N4O2S2. The highest BCUT2D eigenvalue weighted by molar-refractivity contribution is 7.95. The second-order valence-corrected chi connectivity index (χ2v) is 5.16. The summed E-state index contributed by atoms with van der Waals surface area (Å²) in [6.45, 7) is 2.58. The molecule has 0 fully saturated rings. The number of rotatable bonds is 5. The zero-order valence-electron chi connectivity index (χ0n) is 8.17. The molecule has 0 amide bonds. The maximum absolute atomic E-state index is 11.4. The second kappa shape index (κ2) is 4.58. The van der Waals surface area contributed by atoms with Crippen molar-refractivity contribution in [1.82, 2.24) is 9.78 Å². The SMILES string of the molecule is CCn1cc(NS(=O)(=O)CC(N)=S)cn1. The van der Waals surface area contributed by atoms with Crippen molar-refractivity contribution in [2.24, 2.45) is 5.73 Å². The molecule has 0 unspecified atom stereocenters. The van der Waals surface area contributed by atoms with Crippen LogP contribution in [0.2, 0.25) is 0 Å². The Labute approximate surface area is 93.5 Å². The molecule has 84 valence electrons. The molecule has 0 saturated heterocycles. The van der Waals surface area contributed by atoms with Crippen LogP contribution in [0.5, 0.6) is 0 Å². The van der Waals surface area contributed by atoms with E-state index in [0.29, 0.717) is 12.2 Å². The molecule has 3 N–H and O–H groups in total. The van der Waals surface area contributed by atoms with Gasteiger partial charge in [-0.25, -0.2) is 8.42 Å². The van der Waals surface area contributed by atoms with Crippen LogP contribution >= 0.6 is 12.2 Å². The number of nitrogens with one attached hydrogen (secondary N) is 1. The van der Waals surface area contributed by atoms with Gasteiger partial charge in [-0.05, 0) is 6.92 Å². The lowest BCUT2D eigenvalue weighted by molar-refractivity contribution is 0.605. The third-order valence-corrected chi connectivity index (χ3v) is 3.13. The van der Waals surface area contributed by atoms with Crippen LogP contribution in [-0.2, 0) is 16.6 Å². The summed E-state index contributed by atoms with van der Waals surface area (Å²) < 4.78 is 26.7. The van der Waals surface area contributed by atoms with Crippen molar-refractivity contribution >= 4 is 32.9 Å². The average molecular weight is 248 g/mol. The van der Waals surface area contributed by atoms with Gasteiger partial charge in [0.1, 0.15) is 5.75 Å². The first-order valence-corrected chi connectivity index (χ1v) is 6.30. The molecule has 1 rings (SSSR count). The minimum Gasteiger partial charge on any atom is -0.392 e. The Morgan fingerprint density at radius 1 is 1.73 bits per heavy atom. The highest BCUT2D eigenvalue weighted by Gasteiger charge is 2.12. The summed E-state index contributed by atoms with van der Waals surface area (Å²) in [6.07, 6.45) is 3.03. The first-order chi connectivity index (χ1) is 6.93. The first kappa shape index (κ1) is 11.9. The fourth-order valence-electron chi connectivity index (χ4n) is 0.992. The first-order valence-electron chi connectivity index (χ1n) is 4.24. The highest BCUT2D eigenvalue weighted by atomic mass is 32.2. The number of nitrogens with zero attached hydrogens (tertiary/aromatic N) is 2. The van der Waals surface area contributed by atoms with Gasteiger partial charge in [0.05, 0.1) is 16.9 Å². The number of sulfonamides is 1. The van der Waals surface area contributed by atoms with E-state index in [1.807, 2.05) is 6.92 Å². The van der Waals surface area contributed by atoms with Gasteiger partial charge in [0.15, 0.2) is 0 Å². The maximum Gasteiger partial charge on any atom is 0.239 e. The van der Waals surface area contributed by atoms with E-state index in [4.69, 9.17) is 5.73 Å². The van der Waals surface area contributed by atoms with E-state index in [-0.39, 0.29) is 10.7 Å². The number of nitrogens with two attached hydrogens (primary N) is 1. The number of hydrogen-bond acceptors (Lipinski definition) is 4. The summed E-state index contributed by atoms with van der Waals surface area (Å²) in [4.78, 5) is -0.0645. The molecule has 0 atom stereocenters. The van der Waals surface area contributed by atoms with Crippen molar-refractivity contribution in [2.45, 2.75) is 13.5 Å². The fourth-order valence-corrected chi connectivity index (χ4v) is 2.37. The number of hydrogen-bond donors (Lipinski definition) is 2. The number of aromatic nitrogens is 2. The maximum atomic E-state index is 11.4. The highest BCUT2D eigenvalue weighted by Crippen LogP contribution is 2.07. The summed E-state index contributed by atoms with van der Waals surface area (Å²) in [7, 11) is -3.50. The Bertz CT molecular complexity index is 451. The summed E-state index contributed by atoms with van der Waals surface area (Å²) in [5.74, 6) is -0.361. The van der Waals surface area contributed by atoms with Gasteiger partial charge in [-0.3, -0.25) is 9.40 Å². The van der Waals surface area contributed by atoms with Crippen LogP contribution in [0, 0.1) is 0 Å². The lowest BCUT2D eigenvalue weighted by atomic mass is 10.6. The average Bonchev–Trinajstić information content (AvgIpc) is 2.48. The van der Waals surface area contributed by atoms with E-state index in [9.17, 15) is 8.42 Å². The minimum absolute atomic E-state index is 0.0645. The Kier molecular flexibility index (Phi) is 3.64. The molecule has 0 saturated carbocycles. The van der Waals surface area contributed by atoms with E-state index in [1.54, 1.807) is 10.9 Å². The van der Waals surface area contributed by atoms with Crippen molar-refractivity contribution in [3.05, 3.63) is 12.4 Å². The summed E-state index contributed by atoms with van der Waals surface area (Å²) >= 11 is 4.53. The molecule has 0 aromatic carbocycles. The summed E-state index contributed by atoms with van der Waals surface area (Å²) in [6, 6.07) is 0. The predicted molar refractivity (Wildman–Crippen MR) is 62.1 cm³/mol. The zero-order chi connectivity index (χ0) is 11.5. The topological polar surface area (TPSA) is 90.0 Å². The largest absolute Gasteiger partial charge is 0.392 e. The van der Waals surface area contributed by atoms with Crippen LogP contribution in [0.15, 0.2) is 12.4 Å². The molecule has 1 aromatic heterocycles. The van der Waals surface area contributed by atoms with Crippen molar-refractivity contribution in [3.8, 4) is 0 Å². The van der Waals surface area contributed by atoms with Crippen LogP contribution in [0.4, 0.5) is 5.69 Å².